The number of hydrogen-bond donors (Lipinski definition) is 2. The van der Waals surface area contributed by atoms with Crippen LogP contribution in [0.5, 0.6) is 0 Å². The lowest BCUT2D eigenvalue weighted by Gasteiger charge is -2.30. The lowest BCUT2D eigenvalue weighted by molar-refractivity contribution is 0.104. The molecule has 4 heteroatoms. The molecule has 0 saturated carbocycles. The summed E-state index contributed by atoms with van der Waals surface area (Å²) in [4.78, 5) is 2.26. The maximum atomic E-state index is 10.2. The molecule has 0 aliphatic rings. The van der Waals surface area contributed by atoms with Crippen molar-refractivity contribution in [1.82, 2.24) is 4.90 Å². The van der Waals surface area contributed by atoms with Crippen LogP contribution in [0.4, 0.5) is 0 Å². The van der Waals surface area contributed by atoms with Gasteiger partial charge in [0.1, 0.15) is 0 Å². The van der Waals surface area contributed by atoms with Crippen LogP contribution in [0.2, 0.25) is 5.02 Å². The van der Waals surface area contributed by atoms with Crippen LogP contribution in [0, 0.1) is 0 Å². The smallest absolute Gasteiger partial charge is 0.0802 e. The van der Waals surface area contributed by atoms with Crippen molar-refractivity contribution in [3.8, 4) is 0 Å². The van der Waals surface area contributed by atoms with Crippen molar-refractivity contribution in [3.63, 3.8) is 0 Å². The average molecular weight is 300 g/mol. The first kappa shape index (κ1) is 17.4. The van der Waals surface area contributed by atoms with Crippen LogP contribution in [0.3, 0.4) is 0 Å². The van der Waals surface area contributed by atoms with Gasteiger partial charge in [-0.25, -0.2) is 0 Å². The summed E-state index contributed by atoms with van der Waals surface area (Å²) in [5, 5.41) is 20.1. The summed E-state index contributed by atoms with van der Waals surface area (Å²) in [6.45, 7) is 5.91. The molecule has 0 bridgehead atoms. The van der Waals surface area contributed by atoms with E-state index in [1.54, 1.807) is 12.1 Å². The van der Waals surface area contributed by atoms with Crippen molar-refractivity contribution < 1.29 is 10.2 Å². The fourth-order valence-electron chi connectivity index (χ4n) is 2.58. The van der Waals surface area contributed by atoms with Crippen LogP contribution in [0.1, 0.15) is 44.8 Å². The average Bonchev–Trinajstić information content (AvgIpc) is 2.45. The van der Waals surface area contributed by atoms with E-state index in [1.165, 1.54) is 0 Å². The Hall–Kier alpha value is -0.610. The molecule has 20 heavy (non-hydrogen) atoms. The summed E-state index contributed by atoms with van der Waals surface area (Å²) >= 11 is 5.94. The molecule has 1 rings (SSSR count). The molecule has 3 nitrogen and oxygen atoms in total. The number of halogens is 1. The summed E-state index contributed by atoms with van der Waals surface area (Å²) in [6, 6.07) is 7.82. The molecule has 0 saturated heterocycles. The topological polar surface area (TPSA) is 43.7 Å². The van der Waals surface area contributed by atoms with E-state index in [1.807, 2.05) is 12.1 Å². The van der Waals surface area contributed by atoms with E-state index in [2.05, 4.69) is 18.7 Å². The zero-order valence-electron chi connectivity index (χ0n) is 12.4. The molecule has 0 aliphatic heterocycles. The minimum Gasteiger partial charge on any atom is -0.395 e. The number of hydrogen-bond acceptors (Lipinski definition) is 3. The standard InChI is InChI=1S/C16H26ClNO2/c1-3-15(4-2)18(10-11-19)9-8-16(20)13-6-5-7-14(17)12-13/h5-7,12,15-16,19-20H,3-4,8-11H2,1-2H3. The van der Waals surface area contributed by atoms with Crippen LogP contribution >= 0.6 is 11.6 Å². The van der Waals surface area contributed by atoms with Gasteiger partial charge in [0.2, 0.25) is 0 Å². The highest BCUT2D eigenvalue weighted by atomic mass is 35.5. The second kappa shape index (κ2) is 9.35. The van der Waals surface area contributed by atoms with Gasteiger partial charge in [0.15, 0.2) is 0 Å². The van der Waals surface area contributed by atoms with E-state index in [0.717, 1.165) is 24.9 Å². The Kier molecular flexibility index (Phi) is 8.15. The molecule has 0 aromatic heterocycles. The summed E-state index contributed by atoms with van der Waals surface area (Å²) in [7, 11) is 0. The fourth-order valence-corrected chi connectivity index (χ4v) is 2.78. The summed E-state index contributed by atoms with van der Waals surface area (Å²) in [6.07, 6.45) is 2.26. The second-order valence-corrected chi connectivity index (χ2v) is 5.53. The van der Waals surface area contributed by atoms with Crippen molar-refractivity contribution in [3.05, 3.63) is 34.9 Å². The first-order valence-corrected chi connectivity index (χ1v) is 7.78. The third-order valence-electron chi connectivity index (χ3n) is 3.77. The molecule has 0 amide bonds. The number of aliphatic hydroxyl groups excluding tert-OH is 2. The first-order valence-electron chi connectivity index (χ1n) is 7.40. The van der Waals surface area contributed by atoms with E-state index < -0.39 is 6.10 Å². The quantitative estimate of drug-likeness (QED) is 0.736. The summed E-state index contributed by atoms with van der Waals surface area (Å²) < 4.78 is 0. The van der Waals surface area contributed by atoms with Gasteiger partial charge in [-0.3, -0.25) is 4.90 Å². The second-order valence-electron chi connectivity index (χ2n) is 5.09. The largest absolute Gasteiger partial charge is 0.395 e. The molecule has 1 aromatic carbocycles. The van der Waals surface area contributed by atoms with Gasteiger partial charge in [-0.1, -0.05) is 37.6 Å². The highest BCUT2D eigenvalue weighted by molar-refractivity contribution is 6.30. The molecular weight excluding hydrogens is 274 g/mol. The van der Waals surface area contributed by atoms with E-state index in [0.29, 0.717) is 24.0 Å². The molecule has 0 fully saturated rings. The van der Waals surface area contributed by atoms with E-state index in [9.17, 15) is 10.2 Å². The Morgan fingerprint density at radius 2 is 1.90 bits per heavy atom. The van der Waals surface area contributed by atoms with E-state index in [-0.39, 0.29) is 6.61 Å². The number of benzene rings is 1. The molecule has 1 atom stereocenters. The summed E-state index contributed by atoms with van der Waals surface area (Å²) in [5.74, 6) is 0. The van der Waals surface area contributed by atoms with Crippen LogP contribution < -0.4 is 0 Å². The molecular formula is C16H26ClNO2. The Morgan fingerprint density at radius 1 is 1.20 bits per heavy atom. The Balaban J connectivity index is 2.58. The molecule has 0 spiro atoms. The maximum Gasteiger partial charge on any atom is 0.0802 e. The summed E-state index contributed by atoms with van der Waals surface area (Å²) in [5.41, 5.74) is 0.853. The van der Waals surface area contributed by atoms with Crippen LogP contribution in [0.15, 0.2) is 24.3 Å². The van der Waals surface area contributed by atoms with Crippen LogP contribution in [0.25, 0.3) is 0 Å². The first-order chi connectivity index (χ1) is 9.62. The van der Waals surface area contributed by atoms with Crippen LogP contribution in [-0.2, 0) is 0 Å². The molecule has 0 radical (unpaired) electrons. The van der Waals surface area contributed by atoms with Gasteiger partial charge in [-0.05, 0) is 37.0 Å². The van der Waals surface area contributed by atoms with Gasteiger partial charge in [0.25, 0.3) is 0 Å². The van der Waals surface area contributed by atoms with Gasteiger partial charge in [0, 0.05) is 24.2 Å². The third-order valence-corrected chi connectivity index (χ3v) is 4.00. The predicted octanol–water partition coefficient (Wildman–Crippen LogP) is 3.25. The highest BCUT2D eigenvalue weighted by Gasteiger charge is 2.16. The fraction of sp³-hybridized carbons (Fsp3) is 0.625. The minimum atomic E-state index is -0.510. The van der Waals surface area contributed by atoms with Crippen LogP contribution in [-0.4, -0.2) is 40.9 Å². The highest BCUT2D eigenvalue weighted by Crippen LogP contribution is 2.21. The van der Waals surface area contributed by atoms with Gasteiger partial charge in [-0.2, -0.15) is 0 Å². The molecule has 2 N–H and O–H groups in total. The van der Waals surface area contributed by atoms with Crippen molar-refractivity contribution in [2.45, 2.75) is 45.3 Å². The zero-order chi connectivity index (χ0) is 15.0. The molecule has 1 unspecified atom stereocenters. The normalized spacial score (nSPS) is 13.2. The van der Waals surface area contributed by atoms with Crippen molar-refractivity contribution >= 4 is 11.6 Å². The monoisotopic (exact) mass is 299 g/mol. The van der Waals surface area contributed by atoms with E-state index in [4.69, 9.17) is 11.6 Å². The zero-order valence-corrected chi connectivity index (χ0v) is 13.2. The van der Waals surface area contributed by atoms with Gasteiger partial charge in [0.05, 0.1) is 12.7 Å². The third kappa shape index (κ3) is 5.41. The Bertz CT molecular complexity index is 382. The maximum absolute atomic E-state index is 10.2. The van der Waals surface area contributed by atoms with Crippen molar-refractivity contribution in [2.75, 3.05) is 19.7 Å². The Morgan fingerprint density at radius 3 is 2.45 bits per heavy atom. The lowest BCUT2D eigenvalue weighted by atomic mass is 10.0. The van der Waals surface area contributed by atoms with Gasteiger partial charge in [-0.15, -0.1) is 0 Å². The van der Waals surface area contributed by atoms with E-state index >= 15 is 0 Å². The molecule has 114 valence electrons. The Labute approximate surface area is 127 Å². The molecule has 0 aliphatic carbocycles. The number of nitrogens with zero attached hydrogens (tertiary/aromatic N) is 1. The lowest BCUT2D eigenvalue weighted by Crippen LogP contribution is -2.38. The molecule has 0 heterocycles. The van der Waals surface area contributed by atoms with Gasteiger partial charge < -0.3 is 10.2 Å². The SMILES string of the molecule is CCC(CC)N(CCO)CCC(O)c1cccc(Cl)c1. The molecule has 1 aromatic rings. The number of aliphatic hydroxyl groups is 2. The number of rotatable bonds is 9. The van der Waals surface area contributed by atoms with Crippen molar-refractivity contribution in [1.29, 1.82) is 0 Å². The van der Waals surface area contributed by atoms with Crippen molar-refractivity contribution in [2.24, 2.45) is 0 Å². The van der Waals surface area contributed by atoms with Gasteiger partial charge >= 0.3 is 0 Å². The minimum absolute atomic E-state index is 0.157. The predicted molar refractivity (Wildman–Crippen MR) is 84.1 cm³/mol.